The Morgan fingerprint density at radius 3 is 3.00 bits per heavy atom. The van der Waals surface area contributed by atoms with Crippen molar-refractivity contribution in [2.24, 2.45) is 0 Å². The van der Waals surface area contributed by atoms with E-state index >= 15 is 0 Å². The second kappa shape index (κ2) is 5.44. The van der Waals surface area contributed by atoms with Gasteiger partial charge in [-0.2, -0.15) is 0 Å². The molecule has 0 saturated carbocycles. The fraction of sp³-hybridized carbons (Fsp3) is 0.250. The van der Waals surface area contributed by atoms with Crippen molar-refractivity contribution >= 4 is 11.6 Å². The van der Waals surface area contributed by atoms with Crippen LogP contribution in [0.25, 0.3) is 0 Å². The molecule has 0 aliphatic carbocycles. The average Bonchev–Trinajstić information content (AvgIpc) is 2.53. The molecule has 5 nitrogen and oxygen atoms in total. The lowest BCUT2D eigenvalue weighted by Gasteiger charge is -2.29. The summed E-state index contributed by atoms with van der Waals surface area (Å²) in [5.41, 5.74) is 2.02. The van der Waals surface area contributed by atoms with E-state index in [1.807, 2.05) is 18.2 Å². The van der Waals surface area contributed by atoms with Gasteiger partial charge in [0.2, 0.25) is 0 Å². The molecule has 1 N–H and O–H groups in total. The van der Waals surface area contributed by atoms with Gasteiger partial charge in [-0.05, 0) is 48.7 Å². The molecule has 0 atom stereocenters. The minimum Gasteiger partial charge on any atom is -0.505 e. The molecule has 0 saturated heterocycles. The lowest BCUT2D eigenvalue weighted by molar-refractivity contribution is 0.0977. The Hall–Kier alpha value is -2.56. The Kier molecular flexibility index (Phi) is 3.48. The van der Waals surface area contributed by atoms with Crippen LogP contribution in [-0.2, 0) is 6.42 Å². The quantitative estimate of drug-likeness (QED) is 0.919. The number of rotatable bonds is 2. The van der Waals surface area contributed by atoms with Crippen molar-refractivity contribution in [1.82, 2.24) is 4.98 Å². The van der Waals surface area contributed by atoms with Crippen LogP contribution < -0.4 is 9.64 Å². The molecule has 1 aliphatic rings. The zero-order valence-corrected chi connectivity index (χ0v) is 11.7. The third kappa shape index (κ3) is 2.42. The highest BCUT2D eigenvalue weighted by atomic mass is 16.5. The minimum atomic E-state index is -0.279. The number of nitrogens with zero attached hydrogens (tertiary/aromatic N) is 2. The first-order valence-electron chi connectivity index (χ1n) is 6.83. The second-order valence-electron chi connectivity index (χ2n) is 4.93. The zero-order chi connectivity index (χ0) is 14.8. The largest absolute Gasteiger partial charge is 0.505 e. The molecule has 0 bridgehead atoms. The van der Waals surface area contributed by atoms with E-state index < -0.39 is 0 Å². The van der Waals surface area contributed by atoms with E-state index in [0.29, 0.717) is 6.54 Å². The lowest BCUT2D eigenvalue weighted by atomic mass is 10.0. The van der Waals surface area contributed by atoms with Gasteiger partial charge >= 0.3 is 0 Å². The first kappa shape index (κ1) is 13.4. The minimum absolute atomic E-state index is 0.0844. The first-order valence-corrected chi connectivity index (χ1v) is 6.83. The van der Waals surface area contributed by atoms with Gasteiger partial charge in [0.05, 0.1) is 7.11 Å². The highest BCUT2D eigenvalue weighted by Gasteiger charge is 2.26. The van der Waals surface area contributed by atoms with Crippen molar-refractivity contribution in [1.29, 1.82) is 0 Å². The summed E-state index contributed by atoms with van der Waals surface area (Å²) in [5, 5.41) is 9.81. The predicted octanol–water partition coefficient (Wildman–Crippen LogP) is 2.39. The summed E-state index contributed by atoms with van der Waals surface area (Å²) in [6, 6.07) is 8.74. The normalized spacial score (nSPS) is 13.7. The zero-order valence-electron chi connectivity index (χ0n) is 11.7. The number of hydrogen-bond donors (Lipinski definition) is 1. The number of carbonyl (C=O) groups is 1. The van der Waals surface area contributed by atoms with Gasteiger partial charge in [-0.15, -0.1) is 0 Å². The number of anilines is 1. The van der Waals surface area contributed by atoms with Gasteiger partial charge < -0.3 is 14.7 Å². The number of hydrogen-bond acceptors (Lipinski definition) is 4. The maximum atomic E-state index is 12.6. The van der Waals surface area contributed by atoms with Crippen molar-refractivity contribution in [3.8, 4) is 11.5 Å². The molecule has 1 aromatic heterocycles. The van der Waals surface area contributed by atoms with Crippen molar-refractivity contribution in [3.63, 3.8) is 0 Å². The molecule has 1 aromatic carbocycles. The molecule has 0 radical (unpaired) electrons. The van der Waals surface area contributed by atoms with Gasteiger partial charge in [-0.3, -0.25) is 4.79 Å². The number of amides is 1. The molecule has 2 aromatic rings. The fourth-order valence-corrected chi connectivity index (χ4v) is 2.60. The van der Waals surface area contributed by atoms with Gasteiger partial charge in [-0.1, -0.05) is 0 Å². The molecule has 1 amide bonds. The van der Waals surface area contributed by atoms with Crippen LogP contribution in [0.1, 0.15) is 22.5 Å². The summed E-state index contributed by atoms with van der Waals surface area (Å²) < 4.78 is 5.22. The molecular weight excluding hydrogens is 268 g/mol. The van der Waals surface area contributed by atoms with Crippen LogP contribution >= 0.6 is 0 Å². The topological polar surface area (TPSA) is 62.7 Å². The number of aryl methyl sites for hydroxylation is 1. The summed E-state index contributed by atoms with van der Waals surface area (Å²) in [6.07, 6.45) is 3.29. The SMILES string of the molecule is COc1ccc2c(c1)CCCN2C(=O)c1ncccc1O. The second-order valence-corrected chi connectivity index (χ2v) is 4.93. The monoisotopic (exact) mass is 284 g/mol. The van der Waals surface area contributed by atoms with Gasteiger partial charge in [0.15, 0.2) is 5.69 Å². The summed E-state index contributed by atoms with van der Waals surface area (Å²) >= 11 is 0. The van der Waals surface area contributed by atoms with Gasteiger partial charge in [-0.25, -0.2) is 4.98 Å². The van der Waals surface area contributed by atoms with Gasteiger partial charge in [0.25, 0.3) is 5.91 Å². The lowest BCUT2D eigenvalue weighted by Crippen LogP contribution is -2.36. The smallest absolute Gasteiger partial charge is 0.280 e. The average molecular weight is 284 g/mol. The summed E-state index contributed by atoms with van der Waals surface area (Å²) in [7, 11) is 1.62. The van der Waals surface area contributed by atoms with E-state index in [9.17, 15) is 9.90 Å². The molecule has 5 heteroatoms. The van der Waals surface area contributed by atoms with Gasteiger partial charge in [0, 0.05) is 18.4 Å². The molecule has 108 valence electrons. The molecular formula is C16H16N2O3. The van der Waals surface area contributed by atoms with E-state index in [1.165, 1.54) is 12.3 Å². The number of ether oxygens (including phenoxy) is 1. The van der Waals surface area contributed by atoms with Crippen molar-refractivity contribution in [2.75, 3.05) is 18.6 Å². The van der Waals surface area contributed by atoms with Crippen LogP contribution in [0.15, 0.2) is 36.5 Å². The Balaban J connectivity index is 1.99. The Bertz CT molecular complexity index is 685. The maximum Gasteiger partial charge on any atom is 0.280 e. The number of aromatic nitrogens is 1. The summed E-state index contributed by atoms with van der Waals surface area (Å²) in [6.45, 7) is 0.619. The van der Waals surface area contributed by atoms with Crippen molar-refractivity contribution in [3.05, 3.63) is 47.8 Å². The van der Waals surface area contributed by atoms with Crippen molar-refractivity contribution in [2.45, 2.75) is 12.8 Å². The predicted molar refractivity (Wildman–Crippen MR) is 78.9 cm³/mol. The third-order valence-corrected chi connectivity index (χ3v) is 3.64. The molecule has 0 fully saturated rings. The van der Waals surface area contributed by atoms with E-state index in [2.05, 4.69) is 4.98 Å². The molecule has 3 rings (SSSR count). The standard InChI is InChI=1S/C16H16N2O3/c1-21-12-6-7-13-11(10-12)4-3-9-18(13)16(20)15-14(19)5-2-8-17-15/h2,5-8,10,19H,3-4,9H2,1H3. The number of carbonyl (C=O) groups excluding carboxylic acids is 1. The summed E-state index contributed by atoms with van der Waals surface area (Å²) in [4.78, 5) is 18.3. The number of pyridine rings is 1. The highest BCUT2D eigenvalue weighted by Crippen LogP contribution is 2.32. The van der Waals surface area contributed by atoms with E-state index in [-0.39, 0.29) is 17.4 Å². The van der Waals surface area contributed by atoms with Crippen LogP contribution in [0.2, 0.25) is 0 Å². The maximum absolute atomic E-state index is 12.6. The molecule has 1 aliphatic heterocycles. The number of benzene rings is 1. The van der Waals surface area contributed by atoms with Crippen LogP contribution in [0.4, 0.5) is 5.69 Å². The van der Waals surface area contributed by atoms with Gasteiger partial charge in [0.1, 0.15) is 11.5 Å². The number of aromatic hydroxyl groups is 1. The van der Waals surface area contributed by atoms with Crippen LogP contribution in [0.5, 0.6) is 11.5 Å². The third-order valence-electron chi connectivity index (χ3n) is 3.64. The first-order chi connectivity index (χ1) is 10.2. The summed E-state index contributed by atoms with van der Waals surface area (Å²) in [5.74, 6) is 0.408. The Morgan fingerprint density at radius 2 is 2.24 bits per heavy atom. The van der Waals surface area contributed by atoms with E-state index in [0.717, 1.165) is 29.8 Å². The van der Waals surface area contributed by atoms with Crippen LogP contribution in [0, 0.1) is 0 Å². The van der Waals surface area contributed by atoms with Crippen LogP contribution in [-0.4, -0.2) is 29.7 Å². The number of methoxy groups -OCH3 is 1. The molecule has 0 unspecified atom stereocenters. The Morgan fingerprint density at radius 1 is 1.38 bits per heavy atom. The van der Waals surface area contributed by atoms with E-state index in [1.54, 1.807) is 18.1 Å². The number of fused-ring (bicyclic) bond motifs is 1. The highest BCUT2D eigenvalue weighted by molar-refractivity contribution is 6.07. The Labute approximate surface area is 122 Å². The van der Waals surface area contributed by atoms with Crippen LogP contribution in [0.3, 0.4) is 0 Å². The molecule has 2 heterocycles. The molecule has 21 heavy (non-hydrogen) atoms. The van der Waals surface area contributed by atoms with E-state index in [4.69, 9.17) is 4.74 Å². The van der Waals surface area contributed by atoms with Crippen molar-refractivity contribution < 1.29 is 14.6 Å². The fourth-order valence-electron chi connectivity index (χ4n) is 2.60. The molecule has 0 spiro atoms.